The number of hydrogen-bond donors (Lipinski definition) is 0. The predicted molar refractivity (Wildman–Crippen MR) is 98.7 cm³/mol. The number of ether oxygens (including phenoxy) is 2. The molecular formula is C19H19Cl2NO3. The Balaban J connectivity index is 1.70. The third kappa shape index (κ3) is 4.39. The minimum Gasteiger partial charge on any atom is -0.486 e. The summed E-state index contributed by atoms with van der Waals surface area (Å²) in [4.78, 5) is 14.4. The van der Waals surface area contributed by atoms with Gasteiger partial charge in [-0.15, -0.1) is 0 Å². The highest BCUT2D eigenvalue weighted by Crippen LogP contribution is 2.31. The fourth-order valence-electron chi connectivity index (χ4n) is 2.72. The second-order valence-corrected chi connectivity index (χ2v) is 6.64. The number of carbonyl (C=O) groups excluding carboxylic acids is 1. The van der Waals surface area contributed by atoms with Gasteiger partial charge in [-0.05, 0) is 42.3 Å². The SMILES string of the molecule is CCN(Cc1ccc2c(c1)OCCO2)C(=O)Cc1ccc(Cl)cc1Cl. The lowest BCUT2D eigenvalue weighted by Crippen LogP contribution is -2.31. The van der Waals surface area contributed by atoms with Crippen LogP contribution in [0.15, 0.2) is 36.4 Å². The molecule has 132 valence electrons. The van der Waals surface area contributed by atoms with Crippen molar-refractivity contribution in [2.75, 3.05) is 19.8 Å². The zero-order chi connectivity index (χ0) is 17.8. The maximum Gasteiger partial charge on any atom is 0.227 e. The van der Waals surface area contributed by atoms with Crippen LogP contribution in [0.3, 0.4) is 0 Å². The molecule has 0 fully saturated rings. The molecule has 0 aromatic heterocycles. The van der Waals surface area contributed by atoms with Crippen LogP contribution in [0.25, 0.3) is 0 Å². The highest BCUT2D eigenvalue weighted by Gasteiger charge is 2.17. The van der Waals surface area contributed by atoms with Gasteiger partial charge in [-0.1, -0.05) is 35.3 Å². The van der Waals surface area contributed by atoms with Gasteiger partial charge in [0, 0.05) is 23.1 Å². The molecule has 0 atom stereocenters. The molecule has 0 unspecified atom stereocenters. The quantitative estimate of drug-likeness (QED) is 0.774. The number of likely N-dealkylation sites (N-methyl/N-ethyl adjacent to an activating group) is 1. The highest BCUT2D eigenvalue weighted by molar-refractivity contribution is 6.35. The van der Waals surface area contributed by atoms with Gasteiger partial charge in [-0.2, -0.15) is 0 Å². The van der Waals surface area contributed by atoms with Gasteiger partial charge in [0.25, 0.3) is 0 Å². The molecule has 2 aromatic carbocycles. The summed E-state index contributed by atoms with van der Waals surface area (Å²) in [5.74, 6) is 1.49. The molecule has 1 amide bonds. The van der Waals surface area contributed by atoms with Crippen molar-refractivity contribution >= 4 is 29.1 Å². The first-order valence-electron chi connectivity index (χ1n) is 8.17. The van der Waals surface area contributed by atoms with Gasteiger partial charge >= 0.3 is 0 Å². The van der Waals surface area contributed by atoms with Crippen molar-refractivity contribution in [1.82, 2.24) is 4.90 Å². The minimum absolute atomic E-state index is 0.0154. The Morgan fingerprint density at radius 2 is 1.84 bits per heavy atom. The van der Waals surface area contributed by atoms with E-state index in [0.717, 1.165) is 22.6 Å². The number of hydrogen-bond acceptors (Lipinski definition) is 3. The zero-order valence-electron chi connectivity index (χ0n) is 13.9. The van der Waals surface area contributed by atoms with E-state index in [1.54, 1.807) is 23.1 Å². The third-order valence-electron chi connectivity index (χ3n) is 4.07. The van der Waals surface area contributed by atoms with Crippen molar-refractivity contribution < 1.29 is 14.3 Å². The van der Waals surface area contributed by atoms with E-state index in [9.17, 15) is 4.79 Å². The van der Waals surface area contributed by atoms with Gasteiger partial charge < -0.3 is 14.4 Å². The molecule has 0 N–H and O–H groups in total. The number of rotatable bonds is 5. The normalized spacial score (nSPS) is 12.8. The van der Waals surface area contributed by atoms with Crippen molar-refractivity contribution in [1.29, 1.82) is 0 Å². The lowest BCUT2D eigenvalue weighted by atomic mass is 10.1. The van der Waals surface area contributed by atoms with E-state index in [4.69, 9.17) is 32.7 Å². The Morgan fingerprint density at radius 1 is 1.08 bits per heavy atom. The van der Waals surface area contributed by atoms with E-state index in [1.165, 1.54) is 0 Å². The molecule has 0 aliphatic carbocycles. The van der Waals surface area contributed by atoms with Crippen molar-refractivity contribution in [3.05, 3.63) is 57.6 Å². The third-order valence-corrected chi connectivity index (χ3v) is 4.66. The molecule has 1 aliphatic heterocycles. The molecule has 1 heterocycles. The van der Waals surface area contributed by atoms with Crippen LogP contribution in [0.1, 0.15) is 18.1 Å². The van der Waals surface area contributed by atoms with E-state index >= 15 is 0 Å². The van der Waals surface area contributed by atoms with Gasteiger partial charge in [0.15, 0.2) is 11.5 Å². The summed E-state index contributed by atoms with van der Waals surface area (Å²) in [6, 6.07) is 11.0. The Labute approximate surface area is 157 Å². The van der Waals surface area contributed by atoms with Crippen LogP contribution in [-0.4, -0.2) is 30.6 Å². The van der Waals surface area contributed by atoms with E-state index in [1.807, 2.05) is 25.1 Å². The smallest absolute Gasteiger partial charge is 0.227 e. The van der Waals surface area contributed by atoms with Crippen molar-refractivity contribution in [2.24, 2.45) is 0 Å². The van der Waals surface area contributed by atoms with Crippen LogP contribution in [0, 0.1) is 0 Å². The van der Waals surface area contributed by atoms with Crippen LogP contribution in [0.4, 0.5) is 0 Å². The predicted octanol–water partition coefficient (Wildman–Crippen LogP) is 4.36. The highest BCUT2D eigenvalue weighted by atomic mass is 35.5. The molecule has 0 radical (unpaired) electrons. The zero-order valence-corrected chi connectivity index (χ0v) is 15.4. The Kier molecular flexibility index (Phi) is 5.71. The first-order valence-corrected chi connectivity index (χ1v) is 8.92. The van der Waals surface area contributed by atoms with Crippen molar-refractivity contribution in [2.45, 2.75) is 19.9 Å². The second-order valence-electron chi connectivity index (χ2n) is 5.80. The van der Waals surface area contributed by atoms with Crippen LogP contribution < -0.4 is 9.47 Å². The Morgan fingerprint density at radius 3 is 2.56 bits per heavy atom. The first-order chi connectivity index (χ1) is 12.1. The number of amides is 1. The first kappa shape index (κ1) is 17.9. The summed E-state index contributed by atoms with van der Waals surface area (Å²) >= 11 is 12.1. The van der Waals surface area contributed by atoms with Crippen LogP contribution in [0.5, 0.6) is 11.5 Å². The fourth-order valence-corrected chi connectivity index (χ4v) is 3.20. The standard InChI is InChI=1S/C19H19Cl2NO3/c1-2-22(19(23)10-14-4-5-15(20)11-16(14)21)12-13-3-6-17-18(9-13)25-8-7-24-17/h3-6,9,11H,2,7-8,10,12H2,1H3. The number of fused-ring (bicyclic) bond motifs is 1. The van der Waals surface area contributed by atoms with Gasteiger partial charge in [-0.3, -0.25) is 4.79 Å². The summed E-state index contributed by atoms with van der Waals surface area (Å²) in [6.07, 6.45) is 0.244. The van der Waals surface area contributed by atoms with Gasteiger partial charge in [0.1, 0.15) is 13.2 Å². The van der Waals surface area contributed by atoms with Gasteiger partial charge in [-0.25, -0.2) is 0 Å². The average Bonchev–Trinajstić information content (AvgIpc) is 2.61. The molecule has 6 heteroatoms. The van der Waals surface area contributed by atoms with E-state index in [2.05, 4.69) is 0 Å². The monoisotopic (exact) mass is 379 g/mol. The van der Waals surface area contributed by atoms with Crippen LogP contribution in [0.2, 0.25) is 10.0 Å². The summed E-state index contributed by atoms with van der Waals surface area (Å²) in [5, 5.41) is 1.07. The van der Waals surface area contributed by atoms with Crippen LogP contribution in [-0.2, 0) is 17.8 Å². The molecule has 0 saturated heterocycles. The topological polar surface area (TPSA) is 38.8 Å². The minimum atomic E-state index is 0.0154. The Bertz CT molecular complexity index is 779. The summed E-state index contributed by atoms with van der Waals surface area (Å²) in [7, 11) is 0. The van der Waals surface area contributed by atoms with E-state index in [-0.39, 0.29) is 12.3 Å². The molecule has 0 bridgehead atoms. The van der Waals surface area contributed by atoms with Crippen molar-refractivity contribution in [3.8, 4) is 11.5 Å². The van der Waals surface area contributed by atoms with Crippen molar-refractivity contribution in [3.63, 3.8) is 0 Å². The average molecular weight is 380 g/mol. The van der Waals surface area contributed by atoms with Gasteiger partial charge in [0.2, 0.25) is 5.91 Å². The lowest BCUT2D eigenvalue weighted by Gasteiger charge is -2.23. The molecular weight excluding hydrogens is 361 g/mol. The molecule has 2 aromatic rings. The fraction of sp³-hybridized carbons (Fsp3) is 0.316. The molecule has 25 heavy (non-hydrogen) atoms. The summed E-state index contributed by atoms with van der Waals surface area (Å²) in [5.41, 5.74) is 1.78. The second kappa shape index (κ2) is 7.98. The number of carbonyl (C=O) groups is 1. The maximum atomic E-state index is 12.7. The lowest BCUT2D eigenvalue weighted by molar-refractivity contribution is -0.130. The molecule has 0 saturated carbocycles. The molecule has 1 aliphatic rings. The van der Waals surface area contributed by atoms with Gasteiger partial charge in [0.05, 0.1) is 6.42 Å². The largest absolute Gasteiger partial charge is 0.486 e. The number of halogens is 2. The maximum absolute atomic E-state index is 12.7. The van der Waals surface area contributed by atoms with Crippen LogP contribution >= 0.6 is 23.2 Å². The number of benzene rings is 2. The summed E-state index contributed by atoms with van der Waals surface area (Å²) < 4.78 is 11.1. The molecule has 3 rings (SSSR count). The van der Waals surface area contributed by atoms with E-state index in [0.29, 0.717) is 36.3 Å². The Hall–Kier alpha value is -1.91. The summed E-state index contributed by atoms with van der Waals surface area (Å²) in [6.45, 7) is 4.19. The molecule has 4 nitrogen and oxygen atoms in total. The molecule has 0 spiro atoms. The number of nitrogens with zero attached hydrogens (tertiary/aromatic N) is 1. The van der Waals surface area contributed by atoms with E-state index < -0.39 is 0 Å².